The molecule has 0 saturated carbocycles. The molecule has 1 atom stereocenters. The Morgan fingerprint density at radius 1 is 1.25 bits per heavy atom. The summed E-state index contributed by atoms with van der Waals surface area (Å²) in [6.45, 7) is 3.22. The maximum absolute atomic E-state index is 12.7. The standard InChI is InChI=1S/C17H20N2O3S2/c1-13-4-2-10-19(12-13)24(21,22)15-8-6-14(7-9-15)18-17(20)16-5-3-11-23-16/h3,5-9,11,13H,2,4,10,12H2,1H3,(H,18,20)/t13-/m0/s1. The molecule has 1 amide bonds. The molecule has 0 radical (unpaired) electrons. The third kappa shape index (κ3) is 3.68. The van der Waals surface area contributed by atoms with Crippen LogP contribution < -0.4 is 5.32 Å². The zero-order valence-electron chi connectivity index (χ0n) is 13.4. The van der Waals surface area contributed by atoms with Crippen LogP contribution in [-0.4, -0.2) is 31.7 Å². The van der Waals surface area contributed by atoms with Gasteiger partial charge in [-0.25, -0.2) is 8.42 Å². The van der Waals surface area contributed by atoms with Crippen LogP contribution in [0.15, 0.2) is 46.7 Å². The van der Waals surface area contributed by atoms with Crippen LogP contribution in [0.3, 0.4) is 0 Å². The molecule has 0 aliphatic carbocycles. The van der Waals surface area contributed by atoms with Crippen LogP contribution in [0, 0.1) is 5.92 Å². The molecule has 1 aromatic carbocycles. The van der Waals surface area contributed by atoms with Crippen molar-refractivity contribution in [1.29, 1.82) is 0 Å². The van der Waals surface area contributed by atoms with Crippen LogP contribution in [0.1, 0.15) is 29.4 Å². The highest BCUT2D eigenvalue weighted by Gasteiger charge is 2.28. The minimum absolute atomic E-state index is 0.189. The maximum atomic E-state index is 12.7. The van der Waals surface area contributed by atoms with Crippen molar-refractivity contribution in [2.45, 2.75) is 24.7 Å². The van der Waals surface area contributed by atoms with Crippen molar-refractivity contribution in [2.24, 2.45) is 5.92 Å². The van der Waals surface area contributed by atoms with Gasteiger partial charge in [-0.05, 0) is 54.5 Å². The number of hydrogen-bond acceptors (Lipinski definition) is 4. The van der Waals surface area contributed by atoms with E-state index in [0.717, 1.165) is 12.8 Å². The van der Waals surface area contributed by atoms with Gasteiger partial charge in [0.05, 0.1) is 9.77 Å². The Morgan fingerprint density at radius 3 is 2.62 bits per heavy atom. The molecular formula is C17H20N2O3S2. The number of rotatable bonds is 4. The first-order valence-electron chi connectivity index (χ1n) is 7.92. The summed E-state index contributed by atoms with van der Waals surface area (Å²) in [5.74, 6) is 0.198. The average Bonchev–Trinajstić information content (AvgIpc) is 3.10. The summed E-state index contributed by atoms with van der Waals surface area (Å²) in [7, 11) is -3.46. The minimum Gasteiger partial charge on any atom is -0.321 e. The third-order valence-corrected chi connectivity index (χ3v) is 6.86. The SMILES string of the molecule is C[C@H]1CCCN(S(=O)(=O)c2ccc(NC(=O)c3cccs3)cc2)C1. The molecule has 0 spiro atoms. The molecule has 2 heterocycles. The first kappa shape index (κ1) is 17.1. The molecule has 0 bridgehead atoms. The van der Waals surface area contributed by atoms with E-state index in [-0.39, 0.29) is 10.8 Å². The lowest BCUT2D eigenvalue weighted by Gasteiger charge is -2.30. The van der Waals surface area contributed by atoms with Gasteiger partial charge in [-0.3, -0.25) is 4.79 Å². The summed E-state index contributed by atoms with van der Waals surface area (Å²) in [6.07, 6.45) is 1.97. The number of thiophene rings is 1. The molecule has 1 fully saturated rings. The summed E-state index contributed by atoms with van der Waals surface area (Å²) < 4.78 is 26.9. The number of benzene rings is 1. The van der Waals surface area contributed by atoms with Gasteiger partial charge in [-0.1, -0.05) is 13.0 Å². The van der Waals surface area contributed by atoms with Crippen molar-refractivity contribution in [3.8, 4) is 0 Å². The Bertz CT molecular complexity index is 799. The van der Waals surface area contributed by atoms with Crippen LogP contribution in [0.4, 0.5) is 5.69 Å². The predicted molar refractivity (Wildman–Crippen MR) is 95.9 cm³/mol. The van der Waals surface area contributed by atoms with Crippen molar-refractivity contribution in [3.05, 3.63) is 46.7 Å². The fourth-order valence-corrected chi connectivity index (χ4v) is 5.04. The van der Waals surface area contributed by atoms with Gasteiger partial charge >= 0.3 is 0 Å². The van der Waals surface area contributed by atoms with Gasteiger partial charge in [0.15, 0.2) is 0 Å². The van der Waals surface area contributed by atoms with Crippen molar-refractivity contribution in [3.63, 3.8) is 0 Å². The molecule has 3 rings (SSSR count). The van der Waals surface area contributed by atoms with Gasteiger partial charge in [0.25, 0.3) is 5.91 Å². The summed E-state index contributed by atoms with van der Waals surface area (Å²) in [5.41, 5.74) is 0.583. The Morgan fingerprint density at radius 2 is 2.00 bits per heavy atom. The molecule has 1 aliphatic rings. The molecule has 1 aromatic heterocycles. The van der Waals surface area contributed by atoms with Crippen molar-refractivity contribution >= 4 is 33.0 Å². The number of hydrogen-bond donors (Lipinski definition) is 1. The van der Waals surface area contributed by atoms with E-state index in [2.05, 4.69) is 12.2 Å². The van der Waals surface area contributed by atoms with Crippen molar-refractivity contribution < 1.29 is 13.2 Å². The summed E-state index contributed by atoms with van der Waals surface area (Å²) >= 11 is 1.36. The van der Waals surface area contributed by atoms with E-state index in [0.29, 0.717) is 29.6 Å². The topological polar surface area (TPSA) is 66.5 Å². The molecule has 0 unspecified atom stereocenters. The number of sulfonamides is 1. The third-order valence-electron chi connectivity index (χ3n) is 4.11. The largest absolute Gasteiger partial charge is 0.321 e. The van der Waals surface area contributed by atoms with E-state index in [1.807, 2.05) is 11.4 Å². The highest BCUT2D eigenvalue weighted by molar-refractivity contribution is 7.89. The van der Waals surface area contributed by atoms with E-state index in [9.17, 15) is 13.2 Å². The quantitative estimate of drug-likeness (QED) is 0.904. The number of nitrogens with one attached hydrogen (secondary N) is 1. The molecule has 128 valence electrons. The van der Waals surface area contributed by atoms with Gasteiger partial charge in [0.2, 0.25) is 10.0 Å². The molecule has 24 heavy (non-hydrogen) atoms. The van der Waals surface area contributed by atoms with Gasteiger partial charge in [0.1, 0.15) is 0 Å². The Hall–Kier alpha value is -1.70. The second kappa shape index (κ2) is 7.04. The Labute approximate surface area is 146 Å². The number of carbonyl (C=O) groups is 1. The number of carbonyl (C=O) groups excluding carboxylic acids is 1. The van der Waals surface area contributed by atoms with E-state index in [1.54, 1.807) is 34.6 Å². The zero-order valence-corrected chi connectivity index (χ0v) is 15.1. The van der Waals surface area contributed by atoms with Crippen LogP contribution in [0.25, 0.3) is 0 Å². The van der Waals surface area contributed by atoms with Gasteiger partial charge in [-0.15, -0.1) is 11.3 Å². The highest BCUT2D eigenvalue weighted by atomic mass is 32.2. The van der Waals surface area contributed by atoms with E-state index < -0.39 is 10.0 Å². The Kier molecular flexibility index (Phi) is 5.03. The minimum atomic E-state index is -3.46. The number of amides is 1. The van der Waals surface area contributed by atoms with Gasteiger partial charge in [-0.2, -0.15) is 4.31 Å². The summed E-state index contributed by atoms with van der Waals surface area (Å²) in [4.78, 5) is 12.9. The lowest BCUT2D eigenvalue weighted by Crippen LogP contribution is -2.39. The summed E-state index contributed by atoms with van der Waals surface area (Å²) in [5, 5.41) is 4.61. The van der Waals surface area contributed by atoms with Crippen LogP contribution in [-0.2, 0) is 10.0 Å². The fraction of sp³-hybridized carbons (Fsp3) is 0.353. The highest BCUT2D eigenvalue weighted by Crippen LogP contribution is 2.24. The van der Waals surface area contributed by atoms with Crippen molar-refractivity contribution in [1.82, 2.24) is 4.31 Å². The lowest BCUT2D eigenvalue weighted by atomic mass is 10.0. The molecule has 2 aromatic rings. The smallest absolute Gasteiger partial charge is 0.265 e. The monoisotopic (exact) mass is 364 g/mol. The van der Waals surface area contributed by atoms with Crippen LogP contribution in [0.5, 0.6) is 0 Å². The second-order valence-electron chi connectivity index (χ2n) is 6.07. The first-order chi connectivity index (χ1) is 11.5. The molecule has 1 N–H and O–H groups in total. The van der Waals surface area contributed by atoms with Crippen molar-refractivity contribution in [2.75, 3.05) is 18.4 Å². The van der Waals surface area contributed by atoms with Gasteiger partial charge < -0.3 is 5.32 Å². The lowest BCUT2D eigenvalue weighted by molar-refractivity contribution is 0.103. The summed E-state index contributed by atoms with van der Waals surface area (Å²) in [6, 6.07) is 9.93. The predicted octanol–water partition coefficient (Wildman–Crippen LogP) is 3.42. The molecule has 1 aliphatic heterocycles. The number of piperidine rings is 1. The average molecular weight is 364 g/mol. The van der Waals surface area contributed by atoms with E-state index >= 15 is 0 Å². The number of anilines is 1. The van der Waals surface area contributed by atoms with Crippen LogP contribution >= 0.6 is 11.3 Å². The molecule has 5 nitrogen and oxygen atoms in total. The van der Waals surface area contributed by atoms with Gasteiger partial charge in [0, 0.05) is 18.8 Å². The van der Waals surface area contributed by atoms with Crippen LogP contribution in [0.2, 0.25) is 0 Å². The number of nitrogens with zero attached hydrogens (tertiary/aromatic N) is 1. The molecule has 7 heteroatoms. The molecular weight excluding hydrogens is 344 g/mol. The normalized spacial score (nSPS) is 19.1. The van der Waals surface area contributed by atoms with E-state index in [4.69, 9.17) is 0 Å². The first-order valence-corrected chi connectivity index (χ1v) is 10.2. The second-order valence-corrected chi connectivity index (χ2v) is 8.95. The maximum Gasteiger partial charge on any atom is 0.265 e. The van der Waals surface area contributed by atoms with E-state index in [1.165, 1.54) is 11.3 Å². The fourth-order valence-electron chi connectivity index (χ4n) is 2.82. The zero-order chi connectivity index (χ0) is 17.2. The Balaban J connectivity index is 1.73. The molecule has 1 saturated heterocycles.